The predicted octanol–water partition coefficient (Wildman–Crippen LogP) is 2.93. The van der Waals surface area contributed by atoms with E-state index in [9.17, 15) is 0 Å². The molecule has 2 aromatic rings. The first-order valence-corrected chi connectivity index (χ1v) is 7.23. The molecule has 116 valence electrons. The summed E-state index contributed by atoms with van der Waals surface area (Å²) in [6, 6.07) is 6.31. The van der Waals surface area contributed by atoms with Gasteiger partial charge in [0.15, 0.2) is 5.76 Å². The Bertz CT molecular complexity index is 519. The number of nitrogens with one attached hydrogen (secondary N) is 1. The topological polar surface area (TPSA) is 54.4 Å². The average Bonchev–Trinajstić information content (AvgIpc) is 3.05. The summed E-state index contributed by atoms with van der Waals surface area (Å²) in [4.78, 5) is 2.37. The summed E-state index contributed by atoms with van der Waals surface area (Å²) in [5.74, 6) is 1.42. The van der Waals surface area contributed by atoms with Crippen LogP contribution in [0.1, 0.15) is 25.0 Å². The van der Waals surface area contributed by atoms with Crippen molar-refractivity contribution in [1.82, 2.24) is 15.4 Å². The number of aromatic nitrogens is 1. The number of halogens is 1. The van der Waals surface area contributed by atoms with E-state index in [1.54, 1.807) is 6.26 Å². The fourth-order valence-electron chi connectivity index (χ4n) is 2.75. The molecule has 0 spiro atoms. The smallest absolute Gasteiger partial charge is 0.202 e. The van der Waals surface area contributed by atoms with Crippen LogP contribution in [-0.4, -0.2) is 36.2 Å². The van der Waals surface area contributed by atoms with Crippen LogP contribution in [0.15, 0.2) is 33.4 Å². The summed E-state index contributed by atoms with van der Waals surface area (Å²) in [6.45, 7) is 3.05. The number of nitrogens with zero attached hydrogens (tertiary/aromatic N) is 2. The van der Waals surface area contributed by atoms with Crippen molar-refractivity contribution in [3.05, 3.63) is 30.2 Å². The van der Waals surface area contributed by atoms with E-state index in [0.717, 1.165) is 31.1 Å². The van der Waals surface area contributed by atoms with Crippen LogP contribution in [0.5, 0.6) is 0 Å². The van der Waals surface area contributed by atoms with Crippen molar-refractivity contribution in [2.45, 2.75) is 31.8 Å². The highest BCUT2D eigenvalue weighted by Gasteiger charge is 2.18. The number of hydrogen-bond donors (Lipinski definition) is 1. The van der Waals surface area contributed by atoms with Gasteiger partial charge in [-0.3, -0.25) is 4.90 Å². The van der Waals surface area contributed by atoms with Gasteiger partial charge in [-0.15, -0.1) is 12.4 Å². The van der Waals surface area contributed by atoms with E-state index in [2.05, 4.69) is 22.4 Å². The molecule has 0 saturated carbocycles. The Labute approximate surface area is 131 Å². The molecule has 0 bridgehead atoms. The highest BCUT2D eigenvalue weighted by Crippen LogP contribution is 2.22. The van der Waals surface area contributed by atoms with Crippen molar-refractivity contribution in [1.29, 1.82) is 0 Å². The second kappa shape index (κ2) is 7.64. The first-order valence-electron chi connectivity index (χ1n) is 7.23. The normalized spacial score (nSPS) is 19.2. The van der Waals surface area contributed by atoms with Gasteiger partial charge < -0.3 is 14.3 Å². The quantitative estimate of drug-likeness (QED) is 0.941. The molecule has 1 saturated heterocycles. The molecule has 1 aliphatic rings. The van der Waals surface area contributed by atoms with Crippen molar-refractivity contribution in [2.24, 2.45) is 0 Å². The SMILES string of the molecule is CN(Cc1cc(-c2ccco2)on1)C1CCCNCC1.Cl. The van der Waals surface area contributed by atoms with Gasteiger partial charge in [0, 0.05) is 18.7 Å². The lowest BCUT2D eigenvalue weighted by molar-refractivity contribution is 0.211. The van der Waals surface area contributed by atoms with Gasteiger partial charge in [-0.25, -0.2) is 0 Å². The summed E-state index contributed by atoms with van der Waals surface area (Å²) in [5, 5.41) is 7.58. The zero-order valence-corrected chi connectivity index (χ0v) is 13.1. The molecule has 1 N–H and O–H groups in total. The lowest BCUT2D eigenvalue weighted by atomic mass is 10.1. The average molecular weight is 312 g/mol. The van der Waals surface area contributed by atoms with Gasteiger partial charge in [-0.2, -0.15) is 0 Å². The summed E-state index contributed by atoms with van der Waals surface area (Å²) in [7, 11) is 2.16. The second-order valence-corrected chi connectivity index (χ2v) is 5.41. The zero-order chi connectivity index (χ0) is 13.8. The molecule has 3 rings (SSSR count). The van der Waals surface area contributed by atoms with Gasteiger partial charge in [0.2, 0.25) is 5.76 Å². The van der Waals surface area contributed by atoms with Crippen molar-refractivity contribution in [2.75, 3.05) is 20.1 Å². The standard InChI is InChI=1S/C15H21N3O2.ClH/c1-18(13-4-2-7-16-8-6-13)11-12-10-15(20-17-12)14-5-3-9-19-14;/h3,5,9-10,13,16H,2,4,6-8,11H2,1H3;1H. The third-order valence-corrected chi connectivity index (χ3v) is 3.90. The Morgan fingerprint density at radius 2 is 2.24 bits per heavy atom. The van der Waals surface area contributed by atoms with Crippen molar-refractivity contribution in [3.63, 3.8) is 0 Å². The van der Waals surface area contributed by atoms with Crippen LogP contribution in [0.25, 0.3) is 11.5 Å². The Balaban J connectivity index is 0.00000161. The molecule has 21 heavy (non-hydrogen) atoms. The van der Waals surface area contributed by atoms with E-state index < -0.39 is 0 Å². The van der Waals surface area contributed by atoms with Crippen LogP contribution >= 0.6 is 12.4 Å². The van der Waals surface area contributed by atoms with Crippen LogP contribution in [0.2, 0.25) is 0 Å². The highest BCUT2D eigenvalue weighted by atomic mass is 35.5. The second-order valence-electron chi connectivity index (χ2n) is 5.41. The zero-order valence-electron chi connectivity index (χ0n) is 12.2. The molecular formula is C15H22ClN3O2. The minimum Gasteiger partial charge on any atom is -0.461 e. The van der Waals surface area contributed by atoms with Crippen molar-refractivity contribution >= 4 is 12.4 Å². The van der Waals surface area contributed by atoms with E-state index in [4.69, 9.17) is 8.94 Å². The predicted molar refractivity (Wildman–Crippen MR) is 83.4 cm³/mol. The molecule has 1 fully saturated rings. The molecule has 0 amide bonds. The molecule has 1 aliphatic heterocycles. The maximum Gasteiger partial charge on any atom is 0.202 e. The molecule has 6 heteroatoms. The first-order chi connectivity index (χ1) is 9.83. The fraction of sp³-hybridized carbons (Fsp3) is 0.533. The molecule has 3 heterocycles. The maximum atomic E-state index is 5.34. The molecular weight excluding hydrogens is 290 g/mol. The summed E-state index contributed by atoms with van der Waals surface area (Å²) in [6.07, 6.45) is 5.32. The number of rotatable bonds is 4. The molecule has 2 aromatic heterocycles. The molecule has 1 unspecified atom stereocenters. The van der Waals surface area contributed by atoms with Crippen LogP contribution in [0.3, 0.4) is 0 Å². The van der Waals surface area contributed by atoms with Gasteiger partial charge in [0.25, 0.3) is 0 Å². The minimum absolute atomic E-state index is 0. The number of hydrogen-bond acceptors (Lipinski definition) is 5. The number of furan rings is 1. The van der Waals surface area contributed by atoms with E-state index in [1.165, 1.54) is 19.3 Å². The fourth-order valence-corrected chi connectivity index (χ4v) is 2.75. The Hall–Kier alpha value is -1.30. The van der Waals surface area contributed by atoms with Gasteiger partial charge >= 0.3 is 0 Å². The van der Waals surface area contributed by atoms with E-state index in [1.807, 2.05) is 18.2 Å². The van der Waals surface area contributed by atoms with Crippen LogP contribution < -0.4 is 5.32 Å². The van der Waals surface area contributed by atoms with Gasteiger partial charge in [-0.05, 0) is 51.5 Å². The van der Waals surface area contributed by atoms with Gasteiger partial charge in [-0.1, -0.05) is 5.16 Å². The Kier molecular flexibility index (Phi) is 5.85. The molecule has 1 atom stereocenters. The Morgan fingerprint density at radius 1 is 1.33 bits per heavy atom. The van der Waals surface area contributed by atoms with E-state index >= 15 is 0 Å². The van der Waals surface area contributed by atoms with E-state index in [-0.39, 0.29) is 12.4 Å². The largest absolute Gasteiger partial charge is 0.461 e. The first kappa shape index (κ1) is 16.1. The maximum absolute atomic E-state index is 5.34. The molecule has 5 nitrogen and oxygen atoms in total. The van der Waals surface area contributed by atoms with Crippen molar-refractivity contribution in [3.8, 4) is 11.5 Å². The van der Waals surface area contributed by atoms with Crippen molar-refractivity contribution < 1.29 is 8.94 Å². The minimum atomic E-state index is 0. The lowest BCUT2D eigenvalue weighted by Crippen LogP contribution is -2.32. The van der Waals surface area contributed by atoms with Crippen LogP contribution in [0, 0.1) is 0 Å². The summed E-state index contributed by atoms with van der Waals surface area (Å²) in [5.41, 5.74) is 0.955. The lowest BCUT2D eigenvalue weighted by Gasteiger charge is -2.25. The van der Waals surface area contributed by atoms with Gasteiger partial charge in [0.1, 0.15) is 0 Å². The third kappa shape index (κ3) is 4.09. The summed E-state index contributed by atoms with van der Waals surface area (Å²) >= 11 is 0. The van der Waals surface area contributed by atoms with E-state index in [0.29, 0.717) is 11.8 Å². The summed E-state index contributed by atoms with van der Waals surface area (Å²) < 4.78 is 10.7. The highest BCUT2D eigenvalue weighted by molar-refractivity contribution is 5.85. The monoisotopic (exact) mass is 311 g/mol. The Morgan fingerprint density at radius 3 is 3.05 bits per heavy atom. The van der Waals surface area contributed by atoms with Crippen LogP contribution in [0.4, 0.5) is 0 Å². The molecule has 0 aromatic carbocycles. The molecule has 0 aliphatic carbocycles. The van der Waals surface area contributed by atoms with Crippen LogP contribution in [-0.2, 0) is 6.54 Å². The molecule has 0 radical (unpaired) electrons. The van der Waals surface area contributed by atoms with Gasteiger partial charge in [0.05, 0.1) is 12.0 Å². The third-order valence-electron chi connectivity index (χ3n) is 3.90.